The SMILES string of the molecule is CCCOc1ccc(Nc2nc(Nc3ccc(C)cc3)ncc2C(F)(F)F)cc1. The monoisotopic (exact) mass is 402 g/mol. The molecule has 0 aliphatic heterocycles. The Kier molecular flexibility index (Phi) is 6.21. The minimum atomic E-state index is -4.59. The lowest BCUT2D eigenvalue weighted by Crippen LogP contribution is -2.12. The lowest BCUT2D eigenvalue weighted by Gasteiger charge is -2.15. The molecule has 0 saturated carbocycles. The Bertz CT molecular complexity index is 942. The molecule has 0 saturated heterocycles. The molecule has 8 heteroatoms. The van der Waals surface area contributed by atoms with Crippen molar-refractivity contribution < 1.29 is 17.9 Å². The Balaban J connectivity index is 1.85. The number of rotatable bonds is 7. The first-order valence-corrected chi connectivity index (χ1v) is 9.13. The number of benzene rings is 2. The second-order valence-corrected chi connectivity index (χ2v) is 6.44. The summed E-state index contributed by atoms with van der Waals surface area (Å²) in [5.74, 6) is 0.384. The standard InChI is InChI=1S/C21H21F3N4O/c1-3-12-29-17-10-8-15(9-11-17)26-19-18(21(22,23)24)13-25-20(28-19)27-16-6-4-14(2)5-7-16/h4-11,13H,3,12H2,1-2H3,(H2,25,26,27,28). The van der Waals surface area contributed by atoms with Gasteiger partial charge in [-0.2, -0.15) is 18.2 Å². The summed E-state index contributed by atoms with van der Waals surface area (Å²) in [5, 5.41) is 5.65. The molecule has 0 radical (unpaired) electrons. The number of alkyl halides is 3. The molecule has 0 amide bonds. The van der Waals surface area contributed by atoms with E-state index in [2.05, 4.69) is 20.6 Å². The molecule has 0 spiro atoms. The fraction of sp³-hybridized carbons (Fsp3) is 0.238. The third-order valence-electron chi connectivity index (χ3n) is 3.99. The summed E-state index contributed by atoms with van der Waals surface area (Å²) in [5.41, 5.74) is 1.26. The van der Waals surface area contributed by atoms with E-state index < -0.39 is 11.7 Å². The van der Waals surface area contributed by atoms with Gasteiger partial charge in [-0.15, -0.1) is 0 Å². The van der Waals surface area contributed by atoms with Crippen LogP contribution in [0.15, 0.2) is 54.7 Å². The Labute approximate surface area is 167 Å². The van der Waals surface area contributed by atoms with Crippen molar-refractivity contribution in [2.45, 2.75) is 26.4 Å². The number of nitrogens with zero attached hydrogens (tertiary/aromatic N) is 2. The van der Waals surface area contributed by atoms with Gasteiger partial charge in [-0.05, 0) is 49.7 Å². The molecule has 0 aliphatic carbocycles. The fourth-order valence-corrected chi connectivity index (χ4v) is 2.50. The van der Waals surface area contributed by atoms with E-state index in [1.54, 1.807) is 36.4 Å². The van der Waals surface area contributed by atoms with E-state index in [1.165, 1.54) is 0 Å². The van der Waals surface area contributed by atoms with Gasteiger partial charge < -0.3 is 15.4 Å². The van der Waals surface area contributed by atoms with Crippen LogP contribution >= 0.6 is 0 Å². The molecule has 2 aromatic carbocycles. The van der Waals surface area contributed by atoms with Crippen molar-refractivity contribution in [1.29, 1.82) is 0 Å². The summed E-state index contributed by atoms with van der Waals surface area (Å²) in [7, 11) is 0. The van der Waals surface area contributed by atoms with Gasteiger partial charge in [-0.3, -0.25) is 0 Å². The maximum atomic E-state index is 13.4. The van der Waals surface area contributed by atoms with Crippen LogP contribution in [0.25, 0.3) is 0 Å². The summed E-state index contributed by atoms with van der Waals surface area (Å²) in [6.45, 7) is 4.51. The second kappa shape index (κ2) is 8.81. The smallest absolute Gasteiger partial charge is 0.421 e. The second-order valence-electron chi connectivity index (χ2n) is 6.44. The van der Waals surface area contributed by atoms with Crippen LogP contribution in [0.1, 0.15) is 24.5 Å². The number of hydrogen-bond donors (Lipinski definition) is 2. The largest absolute Gasteiger partial charge is 0.494 e. The number of anilines is 4. The Morgan fingerprint density at radius 2 is 1.55 bits per heavy atom. The number of aromatic nitrogens is 2. The van der Waals surface area contributed by atoms with Gasteiger partial charge in [0.25, 0.3) is 0 Å². The van der Waals surface area contributed by atoms with Crippen LogP contribution in [0.3, 0.4) is 0 Å². The average molecular weight is 402 g/mol. The maximum Gasteiger partial charge on any atom is 0.421 e. The molecule has 3 rings (SSSR count). The van der Waals surface area contributed by atoms with Gasteiger partial charge in [0, 0.05) is 17.6 Å². The zero-order chi connectivity index (χ0) is 20.9. The van der Waals surface area contributed by atoms with Crippen LogP contribution in [0, 0.1) is 6.92 Å². The molecular weight excluding hydrogens is 381 g/mol. The quantitative estimate of drug-likeness (QED) is 0.502. The molecule has 1 aromatic heterocycles. The molecular formula is C21H21F3N4O. The van der Waals surface area contributed by atoms with Gasteiger partial charge in [-0.25, -0.2) is 4.98 Å². The van der Waals surface area contributed by atoms with Crippen molar-refractivity contribution in [2.24, 2.45) is 0 Å². The lowest BCUT2D eigenvalue weighted by atomic mass is 10.2. The van der Waals surface area contributed by atoms with Crippen LogP contribution in [-0.2, 0) is 6.18 Å². The van der Waals surface area contributed by atoms with E-state index in [-0.39, 0.29) is 11.8 Å². The number of halogens is 3. The van der Waals surface area contributed by atoms with Crippen molar-refractivity contribution in [3.63, 3.8) is 0 Å². The normalized spacial score (nSPS) is 11.2. The van der Waals surface area contributed by atoms with Crippen LogP contribution < -0.4 is 15.4 Å². The predicted octanol–water partition coefficient (Wildman–Crippen LogP) is 6.08. The molecule has 0 unspecified atom stereocenters. The van der Waals surface area contributed by atoms with Gasteiger partial charge in [0.15, 0.2) is 0 Å². The summed E-state index contributed by atoms with van der Waals surface area (Å²) in [4.78, 5) is 7.85. The topological polar surface area (TPSA) is 59.1 Å². The van der Waals surface area contributed by atoms with E-state index in [4.69, 9.17) is 4.74 Å². The number of hydrogen-bond acceptors (Lipinski definition) is 5. The first-order chi connectivity index (χ1) is 13.8. The lowest BCUT2D eigenvalue weighted by molar-refractivity contribution is -0.137. The summed E-state index contributed by atoms with van der Waals surface area (Å²) in [6, 6.07) is 14.0. The summed E-state index contributed by atoms with van der Waals surface area (Å²) >= 11 is 0. The summed E-state index contributed by atoms with van der Waals surface area (Å²) < 4.78 is 45.7. The van der Waals surface area contributed by atoms with E-state index in [9.17, 15) is 13.2 Å². The highest BCUT2D eigenvalue weighted by atomic mass is 19.4. The minimum absolute atomic E-state index is 0.0623. The van der Waals surface area contributed by atoms with Crippen molar-refractivity contribution in [3.8, 4) is 5.75 Å². The first kappa shape index (κ1) is 20.4. The zero-order valence-electron chi connectivity index (χ0n) is 16.0. The fourth-order valence-electron chi connectivity index (χ4n) is 2.50. The molecule has 152 valence electrons. The number of ether oxygens (including phenoxy) is 1. The summed E-state index contributed by atoms with van der Waals surface area (Å²) in [6.07, 6.45) is -2.95. The predicted molar refractivity (Wildman–Crippen MR) is 107 cm³/mol. The van der Waals surface area contributed by atoms with Gasteiger partial charge >= 0.3 is 6.18 Å². The average Bonchev–Trinajstić information content (AvgIpc) is 2.68. The molecule has 0 aliphatic rings. The number of nitrogens with one attached hydrogen (secondary N) is 2. The minimum Gasteiger partial charge on any atom is -0.494 e. The van der Waals surface area contributed by atoms with Crippen molar-refractivity contribution in [1.82, 2.24) is 9.97 Å². The Morgan fingerprint density at radius 3 is 2.17 bits per heavy atom. The molecule has 0 bridgehead atoms. The van der Waals surface area contributed by atoms with E-state index in [0.29, 0.717) is 23.7 Å². The maximum absolute atomic E-state index is 13.4. The van der Waals surface area contributed by atoms with Crippen LogP contribution in [-0.4, -0.2) is 16.6 Å². The van der Waals surface area contributed by atoms with E-state index in [0.717, 1.165) is 18.2 Å². The van der Waals surface area contributed by atoms with E-state index in [1.807, 2.05) is 26.0 Å². The Hall–Kier alpha value is -3.29. The highest BCUT2D eigenvalue weighted by molar-refractivity contribution is 5.63. The molecule has 29 heavy (non-hydrogen) atoms. The van der Waals surface area contributed by atoms with E-state index >= 15 is 0 Å². The molecule has 5 nitrogen and oxygen atoms in total. The van der Waals surface area contributed by atoms with Crippen molar-refractivity contribution in [2.75, 3.05) is 17.2 Å². The van der Waals surface area contributed by atoms with Gasteiger partial charge in [-0.1, -0.05) is 24.6 Å². The highest BCUT2D eigenvalue weighted by Crippen LogP contribution is 2.35. The van der Waals surface area contributed by atoms with Crippen LogP contribution in [0.2, 0.25) is 0 Å². The third kappa shape index (κ3) is 5.60. The number of aryl methyl sites for hydroxylation is 1. The molecule has 3 aromatic rings. The van der Waals surface area contributed by atoms with Gasteiger partial charge in [0.2, 0.25) is 5.95 Å². The zero-order valence-corrected chi connectivity index (χ0v) is 16.0. The molecule has 0 atom stereocenters. The van der Waals surface area contributed by atoms with Crippen LogP contribution in [0.5, 0.6) is 5.75 Å². The third-order valence-corrected chi connectivity index (χ3v) is 3.99. The Morgan fingerprint density at radius 1 is 0.931 bits per heavy atom. The van der Waals surface area contributed by atoms with Crippen LogP contribution in [0.4, 0.5) is 36.3 Å². The molecule has 1 heterocycles. The highest BCUT2D eigenvalue weighted by Gasteiger charge is 2.35. The van der Waals surface area contributed by atoms with Gasteiger partial charge in [0.1, 0.15) is 17.1 Å². The van der Waals surface area contributed by atoms with Crippen molar-refractivity contribution in [3.05, 3.63) is 65.9 Å². The first-order valence-electron chi connectivity index (χ1n) is 9.13. The molecule has 2 N–H and O–H groups in total. The molecule has 0 fully saturated rings. The van der Waals surface area contributed by atoms with Gasteiger partial charge in [0.05, 0.1) is 6.61 Å². The van der Waals surface area contributed by atoms with Crippen molar-refractivity contribution >= 4 is 23.1 Å².